The fourth-order valence-electron chi connectivity index (χ4n) is 3.33. The van der Waals surface area contributed by atoms with Crippen LogP contribution < -0.4 is 10.1 Å². The number of carbonyl (C=O) groups is 2. The first kappa shape index (κ1) is 24.9. The molecule has 2 amide bonds. The number of ether oxygens (including phenoxy) is 2. The molecular weight excluding hydrogens is 465 g/mol. The molecule has 0 radical (unpaired) electrons. The van der Waals surface area contributed by atoms with Crippen LogP contribution in [0.4, 0.5) is 10.6 Å². The fraction of sp³-hybridized carbons (Fsp3) is 0.375. The van der Waals surface area contributed by atoms with Gasteiger partial charge in [0.25, 0.3) is 0 Å². The van der Waals surface area contributed by atoms with Gasteiger partial charge in [0.05, 0.1) is 19.7 Å². The molecule has 0 unspecified atom stereocenters. The molecule has 2 heterocycles. The summed E-state index contributed by atoms with van der Waals surface area (Å²) in [7, 11) is 1.49. The van der Waals surface area contributed by atoms with E-state index < -0.39 is 5.60 Å². The maximum absolute atomic E-state index is 12.5. The lowest BCUT2D eigenvalue weighted by molar-refractivity contribution is -0.115. The van der Waals surface area contributed by atoms with Crippen molar-refractivity contribution in [3.05, 3.63) is 57.7 Å². The summed E-state index contributed by atoms with van der Waals surface area (Å²) in [5.74, 6) is 0.489. The van der Waals surface area contributed by atoms with E-state index in [0.29, 0.717) is 40.3 Å². The number of hydrogen-bond donors (Lipinski definition) is 1. The second-order valence-electron chi connectivity index (χ2n) is 8.66. The third kappa shape index (κ3) is 6.85. The van der Waals surface area contributed by atoms with E-state index >= 15 is 0 Å². The second-order valence-corrected chi connectivity index (χ2v) is 9.47. The Labute approximate surface area is 203 Å². The predicted molar refractivity (Wildman–Crippen MR) is 130 cm³/mol. The number of pyridine rings is 1. The zero-order chi connectivity index (χ0) is 24.2. The van der Waals surface area contributed by atoms with Gasteiger partial charge in [-0.2, -0.15) is 0 Å². The number of halogens is 2. The van der Waals surface area contributed by atoms with Crippen molar-refractivity contribution in [1.82, 2.24) is 9.88 Å². The van der Waals surface area contributed by atoms with E-state index in [1.54, 1.807) is 11.0 Å². The zero-order valence-corrected chi connectivity index (χ0v) is 20.6. The summed E-state index contributed by atoms with van der Waals surface area (Å²) in [6, 6.07) is 7.10. The van der Waals surface area contributed by atoms with Gasteiger partial charge in [0.15, 0.2) is 0 Å². The van der Waals surface area contributed by atoms with Crippen LogP contribution >= 0.6 is 23.2 Å². The molecule has 0 saturated heterocycles. The topological polar surface area (TPSA) is 80.8 Å². The van der Waals surface area contributed by atoms with Crippen LogP contribution in [0.3, 0.4) is 0 Å². The molecule has 1 aromatic carbocycles. The lowest BCUT2D eigenvalue weighted by Crippen LogP contribution is -2.39. The second kappa shape index (κ2) is 10.4. The highest BCUT2D eigenvalue weighted by Crippen LogP contribution is 2.28. The summed E-state index contributed by atoms with van der Waals surface area (Å²) in [4.78, 5) is 30.7. The number of nitrogens with zero attached hydrogens (tertiary/aromatic N) is 2. The third-order valence-electron chi connectivity index (χ3n) is 4.89. The van der Waals surface area contributed by atoms with Gasteiger partial charge in [0.2, 0.25) is 5.91 Å². The lowest BCUT2D eigenvalue weighted by Gasteiger charge is -2.30. The Hall–Kier alpha value is -2.77. The van der Waals surface area contributed by atoms with E-state index in [1.165, 1.54) is 13.3 Å². The van der Waals surface area contributed by atoms with Gasteiger partial charge in [-0.25, -0.2) is 9.78 Å². The van der Waals surface area contributed by atoms with Crippen molar-refractivity contribution in [3.63, 3.8) is 0 Å². The number of amides is 2. The van der Waals surface area contributed by atoms with Crippen LogP contribution in [-0.4, -0.2) is 47.7 Å². The molecule has 2 aromatic rings. The molecule has 1 aromatic heterocycles. The number of nitrogens with one attached hydrogen (secondary N) is 1. The minimum absolute atomic E-state index is 0.0782. The molecule has 0 bridgehead atoms. The molecule has 0 spiro atoms. The Bertz CT molecular complexity index is 1080. The molecule has 0 atom stereocenters. The average molecular weight is 492 g/mol. The molecule has 1 N–H and O–H groups in total. The quantitative estimate of drug-likeness (QED) is 0.588. The van der Waals surface area contributed by atoms with Gasteiger partial charge in [-0.15, -0.1) is 0 Å². The molecule has 0 saturated carbocycles. The minimum atomic E-state index is -0.545. The molecule has 1 aliphatic rings. The molecule has 0 fully saturated rings. The molecule has 1 aliphatic heterocycles. The highest BCUT2D eigenvalue weighted by atomic mass is 35.5. The minimum Gasteiger partial charge on any atom is -0.495 e. The number of methoxy groups -OCH3 is 1. The molecule has 176 valence electrons. The average Bonchev–Trinajstić information content (AvgIpc) is 2.75. The van der Waals surface area contributed by atoms with Crippen molar-refractivity contribution in [3.8, 4) is 5.75 Å². The van der Waals surface area contributed by atoms with Crippen LogP contribution in [0.1, 0.15) is 38.3 Å². The first-order chi connectivity index (χ1) is 15.6. The van der Waals surface area contributed by atoms with E-state index in [0.717, 1.165) is 17.6 Å². The molecule has 3 rings (SSSR count). The number of aromatic nitrogens is 1. The smallest absolute Gasteiger partial charge is 0.410 e. The molecule has 33 heavy (non-hydrogen) atoms. The van der Waals surface area contributed by atoms with Gasteiger partial charge < -0.3 is 19.7 Å². The zero-order valence-electron chi connectivity index (χ0n) is 19.1. The van der Waals surface area contributed by atoms with Gasteiger partial charge in [-0.1, -0.05) is 41.4 Å². The van der Waals surface area contributed by atoms with Gasteiger partial charge >= 0.3 is 6.09 Å². The van der Waals surface area contributed by atoms with Crippen LogP contribution in [-0.2, 0) is 16.0 Å². The Morgan fingerprint density at radius 3 is 2.61 bits per heavy atom. The van der Waals surface area contributed by atoms with Crippen LogP contribution in [0, 0.1) is 0 Å². The fourth-order valence-corrected chi connectivity index (χ4v) is 3.76. The van der Waals surface area contributed by atoms with Crippen molar-refractivity contribution in [2.24, 2.45) is 0 Å². The first-order valence-electron chi connectivity index (χ1n) is 10.5. The normalized spacial score (nSPS) is 13.9. The van der Waals surface area contributed by atoms with E-state index in [9.17, 15) is 9.59 Å². The van der Waals surface area contributed by atoms with E-state index in [1.807, 2.05) is 39.0 Å². The summed E-state index contributed by atoms with van der Waals surface area (Å²) < 4.78 is 10.6. The Kier molecular flexibility index (Phi) is 7.87. The first-order valence-corrected chi connectivity index (χ1v) is 11.3. The molecule has 7 nitrogen and oxygen atoms in total. The number of hydrogen-bond acceptors (Lipinski definition) is 5. The van der Waals surface area contributed by atoms with Crippen molar-refractivity contribution >= 4 is 46.6 Å². The number of anilines is 1. The van der Waals surface area contributed by atoms with Crippen LogP contribution in [0.2, 0.25) is 10.0 Å². The maximum atomic E-state index is 12.5. The summed E-state index contributed by atoms with van der Waals surface area (Å²) in [5.41, 5.74) is 2.03. The largest absolute Gasteiger partial charge is 0.495 e. The van der Waals surface area contributed by atoms with Crippen molar-refractivity contribution in [1.29, 1.82) is 0 Å². The van der Waals surface area contributed by atoms with Gasteiger partial charge in [-0.05, 0) is 50.0 Å². The third-order valence-corrected chi connectivity index (χ3v) is 5.52. The van der Waals surface area contributed by atoms with Gasteiger partial charge in [-0.3, -0.25) is 4.79 Å². The Morgan fingerprint density at radius 2 is 1.94 bits per heavy atom. The molecular formula is C24H27Cl2N3O4. The van der Waals surface area contributed by atoms with E-state index in [4.69, 9.17) is 32.7 Å². The standard InChI is InChI=1S/C24H27Cl2N3O4/c1-24(2,3)33-23(31)29-9-5-6-17(14-29)15-7-8-16(18(25)10-15)11-22(30)28-21-12-20(32-4)19(26)13-27-21/h6-8,10,12-13H,5,9,11,14H2,1-4H3,(H,27,28,30). The van der Waals surface area contributed by atoms with Crippen LogP contribution in [0.5, 0.6) is 5.75 Å². The highest BCUT2D eigenvalue weighted by molar-refractivity contribution is 6.32. The van der Waals surface area contributed by atoms with Crippen molar-refractivity contribution < 1.29 is 19.1 Å². The van der Waals surface area contributed by atoms with Gasteiger partial charge in [0.1, 0.15) is 22.2 Å². The summed E-state index contributed by atoms with van der Waals surface area (Å²) in [5, 5.41) is 3.55. The maximum Gasteiger partial charge on any atom is 0.410 e. The van der Waals surface area contributed by atoms with Crippen LogP contribution in [0.15, 0.2) is 36.5 Å². The SMILES string of the molecule is COc1cc(NC(=O)Cc2ccc(C3=CCCN(C(=O)OC(C)(C)C)C3)cc2Cl)ncc1Cl. The number of rotatable bonds is 5. The number of benzene rings is 1. The Balaban J connectivity index is 1.65. The van der Waals surface area contributed by atoms with Crippen molar-refractivity contribution in [2.75, 3.05) is 25.5 Å². The summed E-state index contributed by atoms with van der Waals surface area (Å²) in [6.45, 7) is 6.59. The molecule has 0 aliphatic carbocycles. The van der Waals surface area contributed by atoms with Crippen LogP contribution in [0.25, 0.3) is 5.57 Å². The molecule has 9 heteroatoms. The monoisotopic (exact) mass is 491 g/mol. The number of carbonyl (C=O) groups excluding carboxylic acids is 2. The van der Waals surface area contributed by atoms with E-state index in [2.05, 4.69) is 16.4 Å². The lowest BCUT2D eigenvalue weighted by atomic mass is 9.99. The van der Waals surface area contributed by atoms with E-state index in [-0.39, 0.29) is 18.4 Å². The van der Waals surface area contributed by atoms with Crippen molar-refractivity contribution in [2.45, 2.75) is 39.2 Å². The Morgan fingerprint density at radius 1 is 1.18 bits per heavy atom. The summed E-state index contributed by atoms with van der Waals surface area (Å²) >= 11 is 12.5. The predicted octanol–water partition coefficient (Wildman–Crippen LogP) is 5.60. The summed E-state index contributed by atoms with van der Waals surface area (Å²) in [6.07, 6.45) is 3.98. The van der Waals surface area contributed by atoms with Gasteiger partial charge in [0, 0.05) is 24.2 Å². The highest BCUT2D eigenvalue weighted by Gasteiger charge is 2.25.